The summed E-state index contributed by atoms with van der Waals surface area (Å²) in [5.74, 6) is -9.20. The Hall–Kier alpha value is 1.09. The fourth-order valence-electron chi connectivity index (χ4n) is 0.726. The average Bonchev–Trinajstić information content (AvgIpc) is 1.84. The Morgan fingerprint density at radius 1 is 0.667 bits per heavy atom. The van der Waals surface area contributed by atoms with Gasteiger partial charge in [-0.15, -0.1) is 0 Å². The van der Waals surface area contributed by atoms with Crippen LogP contribution in [0.1, 0.15) is 0 Å². The highest BCUT2D eigenvalue weighted by Gasteiger charge is 2.95. The van der Waals surface area contributed by atoms with Gasteiger partial charge in [0.2, 0.25) is 0 Å². The summed E-state index contributed by atoms with van der Waals surface area (Å²) < 4.78 is 56.3. The van der Waals surface area contributed by atoms with Gasteiger partial charge in [0.05, 0.1) is 0 Å². The highest BCUT2D eigenvalue weighted by atomic mass is 79.9. The lowest BCUT2D eigenvalue weighted by atomic mass is 9.86. The predicted molar refractivity (Wildman–Crippen MR) is 43.2 cm³/mol. The van der Waals surface area contributed by atoms with Crippen molar-refractivity contribution >= 4 is 47.8 Å². The third kappa shape index (κ3) is 0.821. The molecule has 8 heteroatoms. The largest absolute Gasteiger partial charge is 0.358 e. The van der Waals surface area contributed by atoms with Crippen molar-refractivity contribution in [3.05, 3.63) is 0 Å². The molecule has 0 nitrogen and oxygen atoms in total. The predicted octanol–water partition coefficient (Wildman–Crippen LogP) is 3.82. The first kappa shape index (κ1) is 11.2. The van der Waals surface area contributed by atoms with E-state index in [-0.39, 0.29) is 0 Å². The minimum Gasteiger partial charge on any atom is -0.221 e. The van der Waals surface area contributed by atoms with Crippen LogP contribution in [0.3, 0.4) is 0 Å². The third-order valence-corrected chi connectivity index (χ3v) is 5.82. The molecule has 0 N–H and O–H groups in total. The van der Waals surface area contributed by atoms with Gasteiger partial charge >= 0.3 is 11.8 Å². The van der Waals surface area contributed by atoms with E-state index in [2.05, 4.69) is 31.9 Å². The minimum absolute atomic E-state index is 1.89. The molecule has 0 radical (unpaired) electrons. The Balaban J connectivity index is 3.16. The van der Waals surface area contributed by atoms with Crippen LogP contribution in [0.4, 0.5) is 22.0 Å². The van der Waals surface area contributed by atoms with Crippen LogP contribution in [0.5, 0.6) is 0 Å². The second-order valence-electron chi connectivity index (χ2n) is 2.30. The molecule has 72 valence electrons. The fourth-order valence-corrected chi connectivity index (χ4v) is 2.22. The van der Waals surface area contributed by atoms with Crippen LogP contribution in [-0.4, -0.2) is 19.7 Å². The number of hydrogen-bond donors (Lipinski definition) is 0. The van der Waals surface area contributed by atoms with Crippen molar-refractivity contribution in [2.75, 3.05) is 0 Å². The maximum atomic E-state index is 12.8. The number of hydrogen-bond acceptors (Lipinski definition) is 0. The highest BCUT2D eigenvalue weighted by molar-refractivity contribution is 9.26. The Labute approximate surface area is 89.3 Å². The average molecular weight is 383 g/mol. The summed E-state index contributed by atoms with van der Waals surface area (Å²) in [6.45, 7) is 0. The van der Waals surface area contributed by atoms with Crippen LogP contribution in [0.25, 0.3) is 0 Å². The maximum Gasteiger partial charge on any atom is 0.358 e. The van der Waals surface area contributed by atoms with Crippen LogP contribution in [0.15, 0.2) is 0 Å². The van der Waals surface area contributed by atoms with Crippen LogP contribution < -0.4 is 0 Å². The quantitative estimate of drug-likeness (QED) is 0.441. The van der Waals surface area contributed by atoms with Gasteiger partial charge in [0.25, 0.3) is 4.58 Å². The molecule has 1 saturated carbocycles. The van der Waals surface area contributed by atoms with Crippen LogP contribution in [0, 0.1) is 0 Å². The molecule has 0 amide bonds. The molecule has 1 aliphatic rings. The van der Waals surface area contributed by atoms with E-state index < -0.39 is 19.7 Å². The number of alkyl halides is 8. The monoisotopic (exact) mass is 380 g/mol. The standard InChI is InChI=1S/C4Br3F5/c5-1(6)2(7,8)4(11,12)3(1,9)10/t2-/m1/s1. The molecule has 1 aliphatic carbocycles. The summed E-state index contributed by atoms with van der Waals surface area (Å²) >= 11 is 6.19. The normalized spacial score (nSPS) is 42.0. The van der Waals surface area contributed by atoms with Crippen molar-refractivity contribution in [2.45, 2.75) is 19.7 Å². The first-order valence-electron chi connectivity index (χ1n) is 2.51. The Kier molecular flexibility index (Phi) is 2.20. The topological polar surface area (TPSA) is 0 Å². The van der Waals surface area contributed by atoms with Gasteiger partial charge in [-0.3, -0.25) is 0 Å². The summed E-state index contributed by atoms with van der Waals surface area (Å²) in [4.78, 5) is 0. The van der Waals surface area contributed by atoms with Gasteiger partial charge in [0, 0.05) is 0 Å². The zero-order valence-corrected chi connectivity index (χ0v) is 9.78. The highest BCUT2D eigenvalue weighted by Crippen LogP contribution is 2.74. The van der Waals surface area contributed by atoms with Gasteiger partial charge in [-0.2, -0.15) is 17.6 Å². The van der Waals surface area contributed by atoms with Crippen molar-refractivity contribution in [3.63, 3.8) is 0 Å². The van der Waals surface area contributed by atoms with Crippen LogP contribution in [-0.2, 0) is 0 Å². The SMILES string of the molecule is FC1(F)C(F)(F)[C@@](F)(Br)C1(Br)Br. The van der Waals surface area contributed by atoms with Crippen molar-refractivity contribution in [2.24, 2.45) is 0 Å². The maximum absolute atomic E-state index is 12.8. The second-order valence-corrected chi connectivity index (χ2v) is 6.83. The molecule has 1 fully saturated rings. The molecule has 0 spiro atoms. The molecular weight excluding hydrogens is 383 g/mol. The van der Waals surface area contributed by atoms with E-state index in [0.29, 0.717) is 0 Å². The van der Waals surface area contributed by atoms with Gasteiger partial charge in [-0.25, -0.2) is 4.39 Å². The molecule has 0 aromatic rings. The van der Waals surface area contributed by atoms with Crippen LogP contribution in [0.2, 0.25) is 0 Å². The van der Waals surface area contributed by atoms with Gasteiger partial charge in [-0.1, -0.05) is 31.9 Å². The zero-order chi connectivity index (χ0) is 10.0. The molecule has 1 rings (SSSR count). The molecule has 0 unspecified atom stereocenters. The summed E-state index contributed by atoms with van der Waals surface area (Å²) in [5.41, 5.74) is 0. The molecule has 0 aromatic carbocycles. The summed E-state index contributed by atoms with van der Waals surface area (Å²) in [6, 6.07) is 0. The molecule has 12 heavy (non-hydrogen) atoms. The first-order valence-corrected chi connectivity index (χ1v) is 4.89. The molecule has 0 bridgehead atoms. The summed E-state index contributed by atoms with van der Waals surface area (Å²) in [6.07, 6.45) is 0. The third-order valence-electron chi connectivity index (χ3n) is 1.58. The number of halogens is 8. The van der Waals surface area contributed by atoms with Crippen molar-refractivity contribution in [1.82, 2.24) is 0 Å². The van der Waals surface area contributed by atoms with Crippen molar-refractivity contribution in [3.8, 4) is 0 Å². The van der Waals surface area contributed by atoms with Gasteiger partial charge in [-0.05, 0) is 15.9 Å². The van der Waals surface area contributed by atoms with Crippen LogP contribution >= 0.6 is 47.8 Å². The fraction of sp³-hybridized carbons (Fsp3) is 1.00. The van der Waals surface area contributed by atoms with Gasteiger partial charge in [0.15, 0.2) is 3.23 Å². The second kappa shape index (κ2) is 2.36. The molecule has 0 aromatic heterocycles. The minimum atomic E-state index is -4.73. The van der Waals surface area contributed by atoms with E-state index in [4.69, 9.17) is 0 Å². The summed E-state index contributed by atoms with van der Waals surface area (Å²) in [5, 5.41) is 0. The molecule has 0 heterocycles. The molecule has 0 saturated heterocycles. The lowest BCUT2D eigenvalue weighted by Crippen LogP contribution is -2.80. The zero-order valence-electron chi connectivity index (χ0n) is 5.02. The Bertz CT molecular complexity index is 159. The van der Waals surface area contributed by atoms with Gasteiger partial charge < -0.3 is 0 Å². The molecule has 0 aliphatic heterocycles. The van der Waals surface area contributed by atoms with Gasteiger partial charge in [0.1, 0.15) is 0 Å². The Morgan fingerprint density at radius 3 is 1.08 bits per heavy atom. The molecule has 1 atom stereocenters. The van der Waals surface area contributed by atoms with Crippen molar-refractivity contribution in [1.29, 1.82) is 0 Å². The van der Waals surface area contributed by atoms with E-state index in [1.165, 1.54) is 0 Å². The first-order chi connectivity index (χ1) is 5.00. The van der Waals surface area contributed by atoms with Crippen molar-refractivity contribution < 1.29 is 22.0 Å². The lowest BCUT2D eigenvalue weighted by Gasteiger charge is -2.54. The molecular formula is C4Br3F5. The van der Waals surface area contributed by atoms with E-state index in [1.54, 1.807) is 0 Å². The summed E-state index contributed by atoms with van der Waals surface area (Å²) in [7, 11) is 0. The van der Waals surface area contributed by atoms with E-state index in [0.717, 1.165) is 0 Å². The van der Waals surface area contributed by atoms with E-state index in [9.17, 15) is 22.0 Å². The smallest absolute Gasteiger partial charge is 0.221 e. The lowest BCUT2D eigenvalue weighted by molar-refractivity contribution is -0.323. The Morgan fingerprint density at radius 2 is 1.00 bits per heavy atom. The van der Waals surface area contributed by atoms with E-state index in [1.807, 2.05) is 15.9 Å². The number of rotatable bonds is 0. The van der Waals surface area contributed by atoms with E-state index >= 15 is 0 Å².